The van der Waals surface area contributed by atoms with E-state index in [1.54, 1.807) is 11.3 Å². The van der Waals surface area contributed by atoms with E-state index in [-0.39, 0.29) is 6.10 Å². The Morgan fingerprint density at radius 2 is 2.41 bits per heavy atom. The second-order valence-corrected chi connectivity index (χ2v) is 5.81. The lowest BCUT2D eigenvalue weighted by Gasteiger charge is -2.20. The van der Waals surface area contributed by atoms with Gasteiger partial charge in [-0.25, -0.2) is 0 Å². The van der Waals surface area contributed by atoms with Crippen molar-refractivity contribution in [3.8, 4) is 0 Å². The molecule has 0 saturated carbocycles. The molecule has 1 saturated heterocycles. The molecule has 0 bridgehead atoms. The van der Waals surface area contributed by atoms with Gasteiger partial charge in [-0.3, -0.25) is 0 Å². The molecule has 2 rings (SSSR count). The van der Waals surface area contributed by atoms with Gasteiger partial charge in [0.05, 0.1) is 12.7 Å². The number of thiophene rings is 1. The first kappa shape index (κ1) is 13.0. The summed E-state index contributed by atoms with van der Waals surface area (Å²) in [6.45, 7) is 7.65. The predicted octanol–water partition coefficient (Wildman–Crippen LogP) is 2.94. The van der Waals surface area contributed by atoms with E-state index >= 15 is 0 Å². The molecule has 1 N–H and O–H groups in total. The Morgan fingerprint density at radius 1 is 1.59 bits per heavy atom. The largest absolute Gasteiger partial charge is 0.348 e. The van der Waals surface area contributed by atoms with Crippen molar-refractivity contribution >= 4 is 11.3 Å². The molecule has 2 unspecified atom stereocenters. The fourth-order valence-electron chi connectivity index (χ4n) is 2.07. The van der Waals surface area contributed by atoms with Crippen molar-refractivity contribution < 1.29 is 9.47 Å². The third-order valence-electron chi connectivity index (χ3n) is 2.95. The van der Waals surface area contributed by atoms with Gasteiger partial charge in [-0.2, -0.15) is 0 Å². The lowest BCUT2D eigenvalue weighted by molar-refractivity contribution is -0.137. The maximum Gasteiger partial charge on any atom is 0.163 e. The minimum atomic E-state index is -0.420. The summed E-state index contributed by atoms with van der Waals surface area (Å²) in [6.07, 6.45) is 1.26. The molecule has 96 valence electrons. The highest BCUT2D eigenvalue weighted by atomic mass is 32.1. The molecule has 17 heavy (non-hydrogen) atoms. The molecule has 0 radical (unpaired) electrons. The Bertz CT molecular complexity index is 337. The zero-order valence-corrected chi connectivity index (χ0v) is 11.5. The van der Waals surface area contributed by atoms with Crippen LogP contribution in [-0.4, -0.2) is 25.0 Å². The first-order chi connectivity index (χ1) is 8.11. The van der Waals surface area contributed by atoms with Crippen LogP contribution < -0.4 is 5.32 Å². The second kappa shape index (κ2) is 5.48. The average Bonchev–Trinajstić information content (AvgIpc) is 2.89. The van der Waals surface area contributed by atoms with Crippen LogP contribution in [0.15, 0.2) is 17.5 Å². The van der Waals surface area contributed by atoms with Gasteiger partial charge in [0.1, 0.15) is 0 Å². The molecule has 0 amide bonds. The summed E-state index contributed by atoms with van der Waals surface area (Å²) >= 11 is 1.80. The molecular weight excluding hydrogens is 234 g/mol. The molecule has 3 nitrogen and oxygen atoms in total. The second-order valence-electron chi connectivity index (χ2n) is 4.84. The first-order valence-electron chi connectivity index (χ1n) is 6.19. The topological polar surface area (TPSA) is 30.5 Å². The van der Waals surface area contributed by atoms with Gasteiger partial charge in [-0.15, -0.1) is 11.3 Å². The highest BCUT2D eigenvalue weighted by molar-refractivity contribution is 7.10. The molecule has 1 fully saturated rings. The summed E-state index contributed by atoms with van der Waals surface area (Å²) in [7, 11) is 0. The van der Waals surface area contributed by atoms with Gasteiger partial charge in [0.2, 0.25) is 0 Å². The number of rotatable bonds is 5. The van der Waals surface area contributed by atoms with Gasteiger partial charge in [-0.05, 0) is 31.7 Å². The van der Waals surface area contributed by atoms with Crippen molar-refractivity contribution in [2.75, 3.05) is 13.2 Å². The molecule has 0 aromatic carbocycles. The third-order valence-corrected chi connectivity index (χ3v) is 3.94. The van der Waals surface area contributed by atoms with E-state index in [0.29, 0.717) is 12.6 Å². The summed E-state index contributed by atoms with van der Waals surface area (Å²) in [4.78, 5) is 1.39. The van der Waals surface area contributed by atoms with Gasteiger partial charge >= 0.3 is 0 Å². The first-order valence-corrected chi connectivity index (χ1v) is 7.07. The smallest absolute Gasteiger partial charge is 0.163 e. The van der Waals surface area contributed by atoms with E-state index in [2.05, 4.69) is 29.8 Å². The van der Waals surface area contributed by atoms with Crippen LogP contribution in [0.25, 0.3) is 0 Å². The summed E-state index contributed by atoms with van der Waals surface area (Å²) in [5.74, 6) is -0.420. The number of nitrogens with one attached hydrogen (secondary N) is 1. The van der Waals surface area contributed by atoms with Crippen LogP contribution in [0.2, 0.25) is 0 Å². The van der Waals surface area contributed by atoms with E-state index in [0.717, 1.165) is 13.0 Å². The van der Waals surface area contributed by atoms with Crippen LogP contribution in [0.4, 0.5) is 0 Å². The maximum atomic E-state index is 5.78. The SMILES string of the molecule is CCC(NCC1COC(C)(C)O1)c1cccs1. The van der Waals surface area contributed by atoms with Crippen molar-refractivity contribution in [2.45, 2.75) is 45.1 Å². The highest BCUT2D eigenvalue weighted by Crippen LogP contribution is 2.24. The van der Waals surface area contributed by atoms with E-state index in [4.69, 9.17) is 9.47 Å². The molecule has 1 aliphatic rings. The molecule has 1 aromatic rings. The van der Waals surface area contributed by atoms with Crippen molar-refractivity contribution in [2.24, 2.45) is 0 Å². The summed E-state index contributed by atoms with van der Waals surface area (Å²) in [5.41, 5.74) is 0. The minimum absolute atomic E-state index is 0.166. The fourth-order valence-corrected chi connectivity index (χ4v) is 2.96. The van der Waals surface area contributed by atoms with Crippen LogP contribution in [0.5, 0.6) is 0 Å². The molecular formula is C13H21NO2S. The van der Waals surface area contributed by atoms with Gasteiger partial charge in [-0.1, -0.05) is 13.0 Å². The predicted molar refractivity (Wildman–Crippen MR) is 70.3 cm³/mol. The van der Waals surface area contributed by atoms with Crippen LogP contribution in [0.1, 0.15) is 38.1 Å². The van der Waals surface area contributed by atoms with E-state index in [1.807, 2.05) is 13.8 Å². The quantitative estimate of drug-likeness (QED) is 0.877. The van der Waals surface area contributed by atoms with Crippen LogP contribution in [-0.2, 0) is 9.47 Å². The molecule has 1 aromatic heterocycles. The Labute approximate surface area is 107 Å². The Morgan fingerprint density at radius 3 is 2.94 bits per heavy atom. The molecule has 2 atom stereocenters. The van der Waals surface area contributed by atoms with E-state index < -0.39 is 5.79 Å². The van der Waals surface area contributed by atoms with Crippen molar-refractivity contribution in [3.05, 3.63) is 22.4 Å². The Balaban J connectivity index is 1.81. The van der Waals surface area contributed by atoms with Gasteiger partial charge < -0.3 is 14.8 Å². The van der Waals surface area contributed by atoms with Gasteiger partial charge in [0, 0.05) is 17.5 Å². The molecule has 0 spiro atoms. The maximum absolute atomic E-state index is 5.78. The van der Waals surface area contributed by atoms with E-state index in [1.165, 1.54) is 4.88 Å². The molecule has 2 heterocycles. The zero-order chi connectivity index (χ0) is 12.3. The lowest BCUT2D eigenvalue weighted by Crippen LogP contribution is -2.32. The van der Waals surface area contributed by atoms with Crippen LogP contribution in [0.3, 0.4) is 0 Å². The minimum Gasteiger partial charge on any atom is -0.348 e. The number of hydrogen-bond donors (Lipinski definition) is 1. The molecule has 1 aliphatic heterocycles. The zero-order valence-electron chi connectivity index (χ0n) is 10.7. The third kappa shape index (κ3) is 3.52. The highest BCUT2D eigenvalue weighted by Gasteiger charge is 2.32. The lowest BCUT2D eigenvalue weighted by atomic mass is 10.2. The fraction of sp³-hybridized carbons (Fsp3) is 0.692. The Kier molecular flexibility index (Phi) is 4.20. The number of hydrogen-bond acceptors (Lipinski definition) is 4. The van der Waals surface area contributed by atoms with Crippen molar-refractivity contribution in [1.29, 1.82) is 0 Å². The summed E-state index contributed by atoms with van der Waals surface area (Å²) < 4.78 is 11.3. The normalized spacial score (nSPS) is 25.0. The van der Waals surface area contributed by atoms with Gasteiger partial charge in [0.25, 0.3) is 0 Å². The Hall–Kier alpha value is -0.420. The van der Waals surface area contributed by atoms with E-state index in [9.17, 15) is 0 Å². The van der Waals surface area contributed by atoms with Gasteiger partial charge in [0.15, 0.2) is 5.79 Å². The van der Waals surface area contributed by atoms with Crippen LogP contribution >= 0.6 is 11.3 Å². The molecule has 4 heteroatoms. The summed E-state index contributed by atoms with van der Waals surface area (Å²) in [5, 5.41) is 5.68. The van der Waals surface area contributed by atoms with Crippen molar-refractivity contribution in [1.82, 2.24) is 5.32 Å². The van der Waals surface area contributed by atoms with Crippen LogP contribution in [0, 0.1) is 0 Å². The number of ether oxygens (including phenoxy) is 2. The molecule has 0 aliphatic carbocycles. The standard InChI is InChI=1S/C13H21NO2S/c1-4-11(12-6-5-7-17-12)14-8-10-9-15-13(2,3)16-10/h5-7,10-11,14H,4,8-9H2,1-3H3. The summed E-state index contributed by atoms with van der Waals surface area (Å²) in [6, 6.07) is 4.71. The average molecular weight is 255 g/mol. The van der Waals surface area contributed by atoms with Crippen molar-refractivity contribution in [3.63, 3.8) is 0 Å². The monoisotopic (exact) mass is 255 g/mol.